The number of aromatic nitrogens is 1. The molecule has 0 spiro atoms. The Kier molecular flexibility index (Phi) is 7.57. The van der Waals surface area contributed by atoms with E-state index in [0.29, 0.717) is 38.0 Å². The quantitative estimate of drug-likeness (QED) is 0.502. The van der Waals surface area contributed by atoms with Gasteiger partial charge in [0.2, 0.25) is 15.9 Å². The number of aryl methyl sites for hydroxylation is 1. The lowest BCUT2D eigenvalue weighted by Gasteiger charge is -2.25. The zero-order chi connectivity index (χ0) is 20.7. The molecule has 0 radical (unpaired) electrons. The number of hydrogen-bond donors (Lipinski definition) is 2. The Morgan fingerprint density at radius 2 is 1.97 bits per heavy atom. The molecule has 2 heterocycles. The van der Waals surface area contributed by atoms with E-state index >= 15 is 0 Å². The summed E-state index contributed by atoms with van der Waals surface area (Å²) >= 11 is 1.79. The summed E-state index contributed by atoms with van der Waals surface area (Å²) in [6.45, 7) is 3.93. The summed E-state index contributed by atoms with van der Waals surface area (Å²) in [6.07, 6.45) is 1.61. The Hall–Kier alpha value is -2.04. The van der Waals surface area contributed by atoms with Gasteiger partial charge in [0.15, 0.2) is 5.96 Å². The lowest BCUT2D eigenvalue weighted by molar-refractivity contribution is 0.443. The minimum atomic E-state index is -3.24. The number of thioether (sulfide) groups is 1. The van der Waals surface area contributed by atoms with Crippen LogP contribution in [0.25, 0.3) is 11.5 Å². The maximum atomic E-state index is 12.4. The average molecular weight is 438 g/mol. The first-order valence-electron chi connectivity index (χ1n) is 9.49. The van der Waals surface area contributed by atoms with Crippen molar-refractivity contribution in [1.82, 2.24) is 19.9 Å². The molecule has 158 valence electrons. The van der Waals surface area contributed by atoms with E-state index in [-0.39, 0.29) is 5.75 Å². The first kappa shape index (κ1) is 21.7. The van der Waals surface area contributed by atoms with Crippen molar-refractivity contribution in [3.05, 3.63) is 41.8 Å². The summed E-state index contributed by atoms with van der Waals surface area (Å²) in [5, 5.41) is 6.18. The molecule has 3 rings (SSSR count). The van der Waals surface area contributed by atoms with Crippen molar-refractivity contribution in [1.29, 1.82) is 0 Å². The van der Waals surface area contributed by atoms with E-state index in [0.717, 1.165) is 22.8 Å². The highest BCUT2D eigenvalue weighted by atomic mass is 32.2. The highest BCUT2D eigenvalue weighted by molar-refractivity contribution is 7.99. The topological polar surface area (TPSA) is 99.8 Å². The molecule has 0 amide bonds. The lowest BCUT2D eigenvalue weighted by atomic mass is 10.1. The Morgan fingerprint density at radius 3 is 2.66 bits per heavy atom. The fourth-order valence-electron chi connectivity index (χ4n) is 2.86. The second-order valence-corrected chi connectivity index (χ2v) is 10.0. The van der Waals surface area contributed by atoms with Gasteiger partial charge in [0.25, 0.3) is 0 Å². The Balaban J connectivity index is 1.46. The van der Waals surface area contributed by atoms with E-state index < -0.39 is 10.0 Å². The Labute approximate surface area is 176 Å². The minimum absolute atomic E-state index is 0.0416. The summed E-state index contributed by atoms with van der Waals surface area (Å²) in [5.41, 5.74) is 2.84. The Morgan fingerprint density at radius 1 is 1.24 bits per heavy atom. The van der Waals surface area contributed by atoms with E-state index in [4.69, 9.17) is 4.42 Å². The van der Waals surface area contributed by atoms with Crippen LogP contribution in [-0.4, -0.2) is 67.6 Å². The second kappa shape index (κ2) is 10.1. The van der Waals surface area contributed by atoms with Gasteiger partial charge in [-0.3, -0.25) is 4.99 Å². The highest BCUT2D eigenvalue weighted by Crippen LogP contribution is 2.19. The van der Waals surface area contributed by atoms with Crippen molar-refractivity contribution < 1.29 is 12.8 Å². The number of sulfonamides is 1. The number of aliphatic imine (C=N–C) groups is 1. The van der Waals surface area contributed by atoms with Gasteiger partial charge < -0.3 is 15.1 Å². The molecule has 1 fully saturated rings. The maximum absolute atomic E-state index is 12.4. The maximum Gasteiger partial charge on any atom is 0.226 e. The fourth-order valence-corrected chi connectivity index (χ4v) is 5.36. The number of nitrogens with zero attached hydrogens (tertiary/aromatic N) is 3. The molecule has 0 bridgehead atoms. The van der Waals surface area contributed by atoms with Crippen molar-refractivity contribution in [2.75, 3.05) is 43.9 Å². The first-order chi connectivity index (χ1) is 14.0. The third-order valence-corrected chi connectivity index (χ3v) is 7.34. The number of oxazole rings is 1. The van der Waals surface area contributed by atoms with Crippen molar-refractivity contribution in [3.8, 4) is 11.5 Å². The van der Waals surface area contributed by atoms with E-state index in [1.165, 1.54) is 5.56 Å². The molecular formula is C19H27N5O3S2. The van der Waals surface area contributed by atoms with Crippen LogP contribution in [0.5, 0.6) is 0 Å². The average Bonchev–Trinajstić information content (AvgIpc) is 3.20. The van der Waals surface area contributed by atoms with Gasteiger partial charge in [-0.15, -0.1) is 0 Å². The van der Waals surface area contributed by atoms with Crippen molar-refractivity contribution >= 4 is 27.7 Å². The molecule has 8 nitrogen and oxygen atoms in total. The van der Waals surface area contributed by atoms with Crippen molar-refractivity contribution in [2.45, 2.75) is 13.5 Å². The first-order valence-corrected chi connectivity index (χ1v) is 12.3. The van der Waals surface area contributed by atoms with Crippen LogP contribution in [0.15, 0.2) is 39.9 Å². The smallest absolute Gasteiger partial charge is 0.226 e. The lowest BCUT2D eigenvalue weighted by Crippen LogP contribution is -2.44. The molecule has 29 heavy (non-hydrogen) atoms. The molecule has 2 N–H and O–H groups in total. The minimum Gasteiger partial charge on any atom is -0.444 e. The zero-order valence-corrected chi connectivity index (χ0v) is 18.4. The van der Waals surface area contributed by atoms with E-state index in [1.807, 2.05) is 31.2 Å². The zero-order valence-electron chi connectivity index (χ0n) is 16.7. The largest absolute Gasteiger partial charge is 0.444 e. The van der Waals surface area contributed by atoms with Crippen LogP contribution in [0.3, 0.4) is 0 Å². The van der Waals surface area contributed by atoms with E-state index in [9.17, 15) is 8.42 Å². The van der Waals surface area contributed by atoms with Crippen LogP contribution in [0, 0.1) is 6.92 Å². The number of rotatable bonds is 7. The third-order valence-electron chi connectivity index (χ3n) is 4.53. The highest BCUT2D eigenvalue weighted by Gasteiger charge is 2.23. The summed E-state index contributed by atoms with van der Waals surface area (Å²) in [5.74, 6) is 2.85. The van der Waals surface area contributed by atoms with Crippen LogP contribution >= 0.6 is 11.8 Å². The summed E-state index contributed by atoms with van der Waals surface area (Å²) in [7, 11) is -1.59. The third kappa shape index (κ3) is 6.22. The summed E-state index contributed by atoms with van der Waals surface area (Å²) in [6, 6.07) is 7.97. The predicted octanol–water partition coefficient (Wildman–Crippen LogP) is 1.69. The number of nitrogens with one attached hydrogen (secondary N) is 2. The second-order valence-electron chi connectivity index (χ2n) is 6.69. The SMILES string of the molecule is CN=C(NCCS(=O)(=O)N1CCSCC1)NCc1coc(-c2ccc(C)cc2)n1. The molecule has 1 aliphatic heterocycles. The number of benzene rings is 1. The molecule has 1 aromatic carbocycles. The molecular weight excluding hydrogens is 410 g/mol. The van der Waals surface area contributed by atoms with Crippen LogP contribution in [0.2, 0.25) is 0 Å². The molecule has 0 saturated carbocycles. The molecule has 0 atom stereocenters. The van der Waals surface area contributed by atoms with Gasteiger partial charge >= 0.3 is 0 Å². The van der Waals surface area contributed by atoms with Crippen LogP contribution in [-0.2, 0) is 16.6 Å². The molecule has 2 aromatic rings. The molecule has 10 heteroatoms. The molecule has 1 saturated heterocycles. The Bertz CT molecular complexity index is 920. The van der Waals surface area contributed by atoms with Gasteiger partial charge in [0.1, 0.15) is 6.26 Å². The van der Waals surface area contributed by atoms with Gasteiger partial charge in [-0.1, -0.05) is 17.7 Å². The van der Waals surface area contributed by atoms with E-state index in [2.05, 4.69) is 20.6 Å². The molecule has 1 aliphatic rings. The van der Waals surface area contributed by atoms with Crippen LogP contribution < -0.4 is 10.6 Å². The van der Waals surface area contributed by atoms with Gasteiger partial charge in [-0.2, -0.15) is 11.8 Å². The molecule has 0 unspecified atom stereocenters. The van der Waals surface area contributed by atoms with Crippen molar-refractivity contribution in [3.63, 3.8) is 0 Å². The normalized spacial score (nSPS) is 16.0. The van der Waals surface area contributed by atoms with Gasteiger partial charge in [0, 0.05) is 43.8 Å². The number of hydrogen-bond acceptors (Lipinski definition) is 6. The van der Waals surface area contributed by atoms with Crippen LogP contribution in [0.4, 0.5) is 0 Å². The van der Waals surface area contributed by atoms with E-state index in [1.54, 1.807) is 29.4 Å². The van der Waals surface area contributed by atoms with Gasteiger partial charge in [-0.25, -0.2) is 17.7 Å². The molecule has 1 aromatic heterocycles. The number of guanidine groups is 1. The standard InChI is InChI=1S/C19H27N5O3S2/c1-15-3-5-16(6-4-15)18-23-17(14-27-18)13-22-19(20-2)21-7-12-29(25,26)24-8-10-28-11-9-24/h3-6,14H,7-13H2,1-2H3,(H2,20,21,22). The van der Waals surface area contributed by atoms with Crippen LogP contribution in [0.1, 0.15) is 11.3 Å². The van der Waals surface area contributed by atoms with Crippen molar-refractivity contribution in [2.24, 2.45) is 4.99 Å². The fraction of sp³-hybridized carbons (Fsp3) is 0.474. The summed E-state index contributed by atoms with van der Waals surface area (Å²) < 4.78 is 31.9. The predicted molar refractivity (Wildman–Crippen MR) is 118 cm³/mol. The van der Waals surface area contributed by atoms with Gasteiger partial charge in [0.05, 0.1) is 18.0 Å². The van der Waals surface area contributed by atoms with Gasteiger partial charge in [-0.05, 0) is 19.1 Å². The monoisotopic (exact) mass is 437 g/mol. The molecule has 0 aliphatic carbocycles. The summed E-state index contributed by atoms with van der Waals surface area (Å²) in [4.78, 5) is 8.61.